The van der Waals surface area contributed by atoms with Crippen molar-refractivity contribution in [1.29, 1.82) is 0 Å². The smallest absolute Gasteiger partial charge is 0.171 e. The number of hydrogen-bond acceptors (Lipinski definition) is 4. The zero-order valence-corrected chi connectivity index (χ0v) is 6.91. The normalized spacial score (nSPS) is 10.2. The molecule has 0 unspecified atom stereocenters. The van der Waals surface area contributed by atoms with Gasteiger partial charge in [0.1, 0.15) is 0 Å². The molecule has 1 aromatic rings. The van der Waals surface area contributed by atoms with Gasteiger partial charge in [0.15, 0.2) is 10.9 Å². The van der Waals surface area contributed by atoms with Crippen LogP contribution in [0.4, 0.5) is 0 Å². The Morgan fingerprint density at radius 3 is 2.50 bits per heavy atom. The number of aliphatic hydroxyl groups excluding tert-OH is 2. The zero-order valence-electron chi connectivity index (χ0n) is 6.16. The molecule has 1 rings (SSSR count). The summed E-state index contributed by atoms with van der Waals surface area (Å²) in [6.07, 6.45) is 1.31. The van der Waals surface area contributed by atoms with E-state index >= 15 is 0 Å². The fraction of sp³-hybridized carbons (Fsp3) is 0.286. The lowest BCUT2D eigenvalue weighted by atomic mass is 10.1. The second-order valence-electron chi connectivity index (χ2n) is 2.22. The first-order valence-electron chi connectivity index (χ1n) is 3.27. The van der Waals surface area contributed by atoms with Gasteiger partial charge in [-0.05, 0) is 0 Å². The van der Waals surface area contributed by atoms with Crippen LogP contribution in [-0.4, -0.2) is 20.3 Å². The highest BCUT2D eigenvalue weighted by atomic mass is 35.5. The third kappa shape index (κ3) is 1.50. The van der Waals surface area contributed by atoms with E-state index in [1.807, 2.05) is 0 Å². The van der Waals surface area contributed by atoms with Crippen LogP contribution in [0.15, 0.2) is 6.20 Å². The third-order valence-corrected chi connectivity index (χ3v) is 1.81. The number of pyridine rings is 1. The first-order chi connectivity index (χ1) is 5.70. The molecular weight excluding hydrogens is 182 g/mol. The molecule has 5 heteroatoms. The molecule has 1 heterocycles. The van der Waals surface area contributed by atoms with E-state index in [9.17, 15) is 5.11 Å². The molecule has 0 aliphatic rings. The number of aliphatic hydroxyl groups is 2. The minimum absolute atomic E-state index is 0.0729. The number of aromatic nitrogens is 1. The monoisotopic (exact) mass is 189 g/mol. The van der Waals surface area contributed by atoms with Gasteiger partial charge >= 0.3 is 0 Å². The SMILES string of the molecule is OCc1cnc(Cl)c(O)c1CO. The largest absolute Gasteiger partial charge is 0.504 e. The molecular formula is C7H8ClNO3. The third-order valence-electron chi connectivity index (χ3n) is 1.53. The summed E-state index contributed by atoms with van der Waals surface area (Å²) in [6, 6.07) is 0. The van der Waals surface area contributed by atoms with Crippen LogP contribution in [0.25, 0.3) is 0 Å². The van der Waals surface area contributed by atoms with Crippen molar-refractivity contribution in [1.82, 2.24) is 4.98 Å². The van der Waals surface area contributed by atoms with Crippen molar-refractivity contribution in [3.63, 3.8) is 0 Å². The van der Waals surface area contributed by atoms with Crippen LogP contribution < -0.4 is 0 Å². The Morgan fingerprint density at radius 1 is 1.33 bits per heavy atom. The maximum Gasteiger partial charge on any atom is 0.171 e. The average molecular weight is 190 g/mol. The van der Waals surface area contributed by atoms with E-state index < -0.39 is 0 Å². The van der Waals surface area contributed by atoms with Crippen molar-refractivity contribution in [2.24, 2.45) is 0 Å². The van der Waals surface area contributed by atoms with Crippen LogP contribution in [0.1, 0.15) is 11.1 Å². The van der Waals surface area contributed by atoms with Crippen molar-refractivity contribution in [3.05, 3.63) is 22.5 Å². The number of hydrogen-bond donors (Lipinski definition) is 3. The summed E-state index contributed by atoms with van der Waals surface area (Å²) in [5.41, 5.74) is 0.594. The molecule has 3 N–H and O–H groups in total. The van der Waals surface area contributed by atoms with Gasteiger partial charge in [-0.1, -0.05) is 11.6 Å². The second-order valence-corrected chi connectivity index (χ2v) is 2.58. The lowest BCUT2D eigenvalue weighted by Crippen LogP contribution is -1.96. The molecule has 0 aliphatic carbocycles. The number of halogens is 1. The van der Waals surface area contributed by atoms with E-state index in [-0.39, 0.29) is 29.7 Å². The molecule has 0 atom stereocenters. The highest BCUT2D eigenvalue weighted by Gasteiger charge is 2.10. The van der Waals surface area contributed by atoms with Gasteiger partial charge in [-0.25, -0.2) is 4.98 Å². The Morgan fingerprint density at radius 2 is 2.00 bits per heavy atom. The summed E-state index contributed by atoms with van der Waals surface area (Å²) in [7, 11) is 0. The van der Waals surface area contributed by atoms with E-state index in [1.165, 1.54) is 6.20 Å². The van der Waals surface area contributed by atoms with Crippen LogP contribution in [0, 0.1) is 0 Å². The maximum atomic E-state index is 9.24. The number of nitrogens with zero attached hydrogens (tertiary/aromatic N) is 1. The summed E-state index contributed by atoms with van der Waals surface area (Å²) in [5, 5.41) is 26.7. The van der Waals surface area contributed by atoms with Crippen molar-refractivity contribution < 1.29 is 15.3 Å². The van der Waals surface area contributed by atoms with E-state index in [4.69, 9.17) is 21.8 Å². The predicted molar refractivity (Wildman–Crippen MR) is 42.8 cm³/mol. The average Bonchev–Trinajstić information content (AvgIpc) is 2.09. The van der Waals surface area contributed by atoms with Crippen LogP contribution in [0.5, 0.6) is 5.75 Å². The Bertz CT molecular complexity index is 290. The molecule has 0 aliphatic heterocycles. The molecule has 0 bridgehead atoms. The van der Waals surface area contributed by atoms with Gasteiger partial charge < -0.3 is 15.3 Å². The van der Waals surface area contributed by atoms with Gasteiger partial charge in [-0.3, -0.25) is 0 Å². The van der Waals surface area contributed by atoms with Gasteiger partial charge in [-0.15, -0.1) is 0 Å². The minimum atomic E-state index is -0.371. The molecule has 0 saturated carbocycles. The fourth-order valence-electron chi connectivity index (χ4n) is 0.863. The Kier molecular flexibility index (Phi) is 2.86. The summed E-state index contributed by atoms with van der Waals surface area (Å²) in [4.78, 5) is 3.60. The summed E-state index contributed by atoms with van der Waals surface area (Å²) in [6.45, 7) is -0.655. The van der Waals surface area contributed by atoms with Crippen molar-refractivity contribution in [2.45, 2.75) is 13.2 Å². The van der Waals surface area contributed by atoms with Crippen molar-refractivity contribution in [3.8, 4) is 5.75 Å². The van der Waals surface area contributed by atoms with Crippen LogP contribution in [0.2, 0.25) is 5.15 Å². The van der Waals surface area contributed by atoms with Crippen LogP contribution >= 0.6 is 11.6 Å². The topological polar surface area (TPSA) is 73.6 Å². The van der Waals surface area contributed by atoms with Gasteiger partial charge in [0.25, 0.3) is 0 Å². The lowest BCUT2D eigenvalue weighted by molar-refractivity contribution is 0.254. The molecule has 0 aromatic carbocycles. The van der Waals surface area contributed by atoms with Crippen LogP contribution in [0.3, 0.4) is 0 Å². The predicted octanol–water partition coefficient (Wildman–Crippen LogP) is 0.425. The molecule has 4 nitrogen and oxygen atoms in total. The highest BCUT2D eigenvalue weighted by Crippen LogP contribution is 2.27. The van der Waals surface area contributed by atoms with Gasteiger partial charge in [-0.2, -0.15) is 0 Å². The summed E-state index contributed by atoms with van der Waals surface area (Å²) >= 11 is 5.47. The molecule has 0 amide bonds. The molecule has 0 fully saturated rings. The van der Waals surface area contributed by atoms with Gasteiger partial charge in [0, 0.05) is 17.3 Å². The van der Waals surface area contributed by atoms with Gasteiger partial charge in [0.2, 0.25) is 0 Å². The number of rotatable bonds is 2. The summed E-state index contributed by atoms with van der Waals surface area (Å²) in [5.74, 6) is -0.272. The van der Waals surface area contributed by atoms with E-state index in [0.717, 1.165) is 0 Å². The molecule has 12 heavy (non-hydrogen) atoms. The van der Waals surface area contributed by atoms with Crippen LogP contribution in [-0.2, 0) is 13.2 Å². The standard InChI is InChI=1S/C7H8ClNO3/c8-7-6(12)5(3-11)4(2-10)1-9-7/h1,10-12H,2-3H2. The summed E-state index contributed by atoms with van der Waals surface area (Å²) < 4.78 is 0. The van der Waals surface area contributed by atoms with Gasteiger partial charge in [0.05, 0.1) is 13.2 Å². The minimum Gasteiger partial charge on any atom is -0.504 e. The molecule has 1 aromatic heterocycles. The molecule has 0 saturated heterocycles. The first kappa shape index (κ1) is 9.25. The molecule has 0 spiro atoms. The maximum absolute atomic E-state index is 9.24. The van der Waals surface area contributed by atoms with E-state index in [2.05, 4.69) is 4.98 Å². The first-order valence-corrected chi connectivity index (χ1v) is 3.65. The molecule has 66 valence electrons. The fourth-order valence-corrected chi connectivity index (χ4v) is 1.03. The highest BCUT2D eigenvalue weighted by molar-refractivity contribution is 6.30. The quantitative estimate of drug-likeness (QED) is 0.590. The van der Waals surface area contributed by atoms with Crippen molar-refractivity contribution in [2.75, 3.05) is 0 Å². The van der Waals surface area contributed by atoms with Crippen molar-refractivity contribution >= 4 is 11.6 Å². The Balaban J connectivity index is 3.25. The Hall–Kier alpha value is -0.840. The Labute approximate surface area is 74.1 Å². The molecule has 0 radical (unpaired) electrons. The lowest BCUT2D eigenvalue weighted by Gasteiger charge is -2.06. The zero-order chi connectivity index (χ0) is 9.14. The number of aromatic hydroxyl groups is 1. The van der Waals surface area contributed by atoms with E-state index in [0.29, 0.717) is 5.56 Å². The van der Waals surface area contributed by atoms with E-state index in [1.54, 1.807) is 0 Å². The second kappa shape index (κ2) is 3.71.